The van der Waals surface area contributed by atoms with Crippen molar-refractivity contribution in [1.29, 1.82) is 0 Å². The van der Waals surface area contributed by atoms with Crippen molar-refractivity contribution in [1.82, 2.24) is 5.32 Å². The lowest BCUT2D eigenvalue weighted by Gasteiger charge is -2.63. The number of carbonyl (C=O) groups is 1. The molecule has 11 atom stereocenters. The van der Waals surface area contributed by atoms with Crippen molar-refractivity contribution >= 4 is 5.91 Å². The molecule has 0 aliphatic heterocycles. The summed E-state index contributed by atoms with van der Waals surface area (Å²) in [4.78, 5) is 12.2. The number of hydrogen-bond acceptors (Lipinski definition) is 5. The second kappa shape index (κ2) is 9.75. The fourth-order valence-electron chi connectivity index (χ4n) is 9.07. The van der Waals surface area contributed by atoms with Crippen molar-refractivity contribution in [3.8, 4) is 0 Å². The van der Waals surface area contributed by atoms with Gasteiger partial charge in [0.25, 0.3) is 0 Å². The van der Waals surface area contributed by atoms with E-state index in [0.29, 0.717) is 49.2 Å². The average molecular weight is 466 g/mol. The zero-order valence-corrected chi connectivity index (χ0v) is 21.1. The minimum Gasteiger partial charge on any atom is -0.393 e. The molecule has 1 amide bonds. The summed E-state index contributed by atoms with van der Waals surface area (Å²) < 4.78 is 5.01. The highest BCUT2D eigenvalue weighted by Gasteiger charge is 2.65. The van der Waals surface area contributed by atoms with E-state index in [1.807, 2.05) is 0 Å². The normalized spacial score (nSPS) is 47.8. The molecule has 4 aliphatic rings. The highest BCUT2D eigenvalue weighted by molar-refractivity contribution is 5.75. The van der Waals surface area contributed by atoms with Crippen LogP contribution in [0.25, 0.3) is 0 Å². The minimum absolute atomic E-state index is 0.0732. The number of ether oxygens (including phenoxy) is 1. The number of methoxy groups -OCH3 is 1. The van der Waals surface area contributed by atoms with Gasteiger partial charge in [0.05, 0.1) is 24.9 Å². The highest BCUT2D eigenvalue weighted by Crippen LogP contribution is 2.68. The molecule has 33 heavy (non-hydrogen) atoms. The summed E-state index contributed by atoms with van der Waals surface area (Å²) in [5.41, 5.74) is -0.0963. The predicted octanol–water partition coefficient (Wildman–Crippen LogP) is 3.13. The van der Waals surface area contributed by atoms with Gasteiger partial charge in [0.2, 0.25) is 5.91 Å². The molecule has 4 fully saturated rings. The monoisotopic (exact) mass is 465 g/mol. The highest BCUT2D eigenvalue weighted by atomic mass is 16.5. The van der Waals surface area contributed by atoms with Crippen molar-refractivity contribution in [2.45, 2.75) is 96.9 Å². The van der Waals surface area contributed by atoms with E-state index in [1.54, 1.807) is 7.11 Å². The number of nitrogens with one attached hydrogen (secondary N) is 1. The zero-order valence-electron chi connectivity index (χ0n) is 21.1. The van der Waals surface area contributed by atoms with E-state index in [0.717, 1.165) is 51.4 Å². The topological polar surface area (TPSA) is 99.0 Å². The maximum atomic E-state index is 12.2. The van der Waals surface area contributed by atoms with Gasteiger partial charge >= 0.3 is 0 Å². The first-order valence-corrected chi connectivity index (χ1v) is 13.4. The number of amides is 1. The maximum absolute atomic E-state index is 12.2. The molecule has 0 radical (unpaired) electrons. The van der Waals surface area contributed by atoms with Crippen LogP contribution in [-0.2, 0) is 9.53 Å². The summed E-state index contributed by atoms with van der Waals surface area (Å²) in [6.07, 6.45) is 6.70. The number of rotatable bonds is 7. The van der Waals surface area contributed by atoms with Crippen molar-refractivity contribution in [3.63, 3.8) is 0 Å². The Balaban J connectivity index is 1.47. The molecule has 0 aromatic carbocycles. The van der Waals surface area contributed by atoms with E-state index >= 15 is 0 Å². The van der Waals surface area contributed by atoms with Gasteiger partial charge in [-0.2, -0.15) is 0 Å². The number of aliphatic hydroxyl groups is 3. The zero-order chi connectivity index (χ0) is 24.0. The van der Waals surface area contributed by atoms with Crippen LogP contribution in [0.2, 0.25) is 0 Å². The summed E-state index contributed by atoms with van der Waals surface area (Å²) in [5.74, 6) is 2.04. The molecule has 0 saturated heterocycles. The van der Waals surface area contributed by atoms with Crippen LogP contribution < -0.4 is 5.32 Å². The lowest BCUT2D eigenvalue weighted by Crippen LogP contribution is -2.62. The first-order valence-electron chi connectivity index (χ1n) is 13.4. The molecule has 0 aromatic rings. The van der Waals surface area contributed by atoms with Crippen LogP contribution in [0.5, 0.6) is 0 Å². The van der Waals surface area contributed by atoms with Crippen LogP contribution in [0.4, 0.5) is 0 Å². The fraction of sp³-hybridized carbons (Fsp3) is 0.963. The molecule has 4 aliphatic carbocycles. The van der Waals surface area contributed by atoms with Crippen molar-refractivity contribution in [2.24, 2.45) is 46.3 Å². The van der Waals surface area contributed by atoms with Gasteiger partial charge in [-0.15, -0.1) is 0 Å². The Kier molecular flexibility index (Phi) is 7.51. The molecule has 0 bridgehead atoms. The first-order chi connectivity index (χ1) is 15.6. The quantitative estimate of drug-likeness (QED) is 0.433. The second-order valence-corrected chi connectivity index (χ2v) is 12.4. The van der Waals surface area contributed by atoms with Crippen LogP contribution in [0.1, 0.15) is 78.6 Å². The molecule has 0 heterocycles. The molecule has 0 aromatic heterocycles. The third kappa shape index (κ3) is 4.39. The molecule has 6 heteroatoms. The summed E-state index contributed by atoms with van der Waals surface area (Å²) in [7, 11) is 1.63. The van der Waals surface area contributed by atoms with E-state index in [9.17, 15) is 20.1 Å². The molecule has 4 saturated carbocycles. The van der Waals surface area contributed by atoms with Crippen LogP contribution in [-0.4, -0.2) is 59.8 Å². The van der Waals surface area contributed by atoms with Gasteiger partial charge in [0.1, 0.15) is 0 Å². The largest absolute Gasteiger partial charge is 0.393 e. The Labute approximate surface area is 199 Å². The first kappa shape index (κ1) is 25.4. The van der Waals surface area contributed by atoms with E-state index in [1.165, 1.54) is 0 Å². The molecule has 190 valence electrons. The second-order valence-electron chi connectivity index (χ2n) is 12.4. The van der Waals surface area contributed by atoms with E-state index < -0.39 is 0 Å². The number of hydrogen-bond donors (Lipinski definition) is 4. The standard InChI is InChI=1S/C27H47NO5/c1-16(5-8-24(32)28-11-12-33-4)19-6-7-20-25-21(15-23(31)27(19,20)3)26(2)10-9-18(29)13-17(26)14-22(25)30/h16-23,25,29-31H,5-15H2,1-4H3,(H,28,32). The van der Waals surface area contributed by atoms with Crippen molar-refractivity contribution in [3.05, 3.63) is 0 Å². The number of carbonyl (C=O) groups excluding carboxylic acids is 1. The smallest absolute Gasteiger partial charge is 0.220 e. The van der Waals surface area contributed by atoms with Crippen LogP contribution in [0.15, 0.2) is 0 Å². The molecule has 0 spiro atoms. The number of fused-ring (bicyclic) bond motifs is 5. The molecule has 6 nitrogen and oxygen atoms in total. The van der Waals surface area contributed by atoms with Gasteiger partial charge in [0, 0.05) is 20.1 Å². The minimum atomic E-state index is -0.371. The predicted molar refractivity (Wildman–Crippen MR) is 127 cm³/mol. The third-order valence-corrected chi connectivity index (χ3v) is 11.0. The third-order valence-electron chi connectivity index (χ3n) is 11.0. The molecule has 4 N–H and O–H groups in total. The van der Waals surface area contributed by atoms with Gasteiger partial charge in [-0.05, 0) is 97.7 Å². The lowest BCUT2D eigenvalue weighted by molar-refractivity contribution is -0.207. The molecule has 11 unspecified atom stereocenters. The number of aliphatic hydroxyl groups excluding tert-OH is 3. The summed E-state index contributed by atoms with van der Waals surface area (Å²) >= 11 is 0. The average Bonchev–Trinajstić information content (AvgIpc) is 3.13. The SMILES string of the molecule is COCCNC(=O)CCC(C)C1CCC2C3C(O)CC4CC(O)CCC4(C)C3CC(O)C12C. The Morgan fingerprint density at radius 3 is 2.58 bits per heavy atom. The summed E-state index contributed by atoms with van der Waals surface area (Å²) in [6.45, 7) is 7.97. The van der Waals surface area contributed by atoms with E-state index in [-0.39, 0.29) is 41.0 Å². The molecular formula is C27H47NO5. The van der Waals surface area contributed by atoms with Gasteiger partial charge in [-0.25, -0.2) is 0 Å². The maximum Gasteiger partial charge on any atom is 0.220 e. The van der Waals surface area contributed by atoms with Gasteiger partial charge in [-0.1, -0.05) is 20.8 Å². The summed E-state index contributed by atoms with van der Waals surface area (Å²) in [5, 5.41) is 36.2. The molecular weight excluding hydrogens is 418 g/mol. The van der Waals surface area contributed by atoms with Gasteiger partial charge in [-0.3, -0.25) is 4.79 Å². The Morgan fingerprint density at radius 2 is 1.85 bits per heavy atom. The summed E-state index contributed by atoms with van der Waals surface area (Å²) in [6, 6.07) is 0. The Bertz CT molecular complexity index is 702. The van der Waals surface area contributed by atoms with Gasteiger partial charge in [0.15, 0.2) is 0 Å². The molecule has 4 rings (SSSR count). The van der Waals surface area contributed by atoms with Crippen molar-refractivity contribution in [2.75, 3.05) is 20.3 Å². The van der Waals surface area contributed by atoms with Crippen LogP contribution in [0, 0.1) is 46.3 Å². The van der Waals surface area contributed by atoms with Crippen molar-refractivity contribution < 1.29 is 24.9 Å². The fourth-order valence-corrected chi connectivity index (χ4v) is 9.07. The lowest BCUT2D eigenvalue weighted by atomic mass is 9.43. The van der Waals surface area contributed by atoms with E-state index in [2.05, 4.69) is 26.1 Å². The van der Waals surface area contributed by atoms with Crippen LogP contribution >= 0.6 is 0 Å². The van der Waals surface area contributed by atoms with E-state index in [4.69, 9.17) is 4.74 Å². The Morgan fingerprint density at radius 1 is 1.09 bits per heavy atom. The van der Waals surface area contributed by atoms with Crippen LogP contribution in [0.3, 0.4) is 0 Å². The Hall–Kier alpha value is -0.690. The van der Waals surface area contributed by atoms with Gasteiger partial charge < -0.3 is 25.4 Å².